The normalized spacial score (nSPS) is 23.6. The van der Waals surface area contributed by atoms with Crippen molar-refractivity contribution >= 4 is 0 Å². The van der Waals surface area contributed by atoms with Gasteiger partial charge in [-0.25, -0.2) is 4.39 Å². The van der Waals surface area contributed by atoms with Crippen molar-refractivity contribution in [2.75, 3.05) is 0 Å². The Bertz CT molecular complexity index is 464. The summed E-state index contributed by atoms with van der Waals surface area (Å²) in [6.07, 6.45) is 6.32. The fourth-order valence-electron chi connectivity index (χ4n) is 2.80. The molecule has 0 bridgehead atoms. The van der Waals surface area contributed by atoms with E-state index >= 15 is 0 Å². The van der Waals surface area contributed by atoms with Gasteiger partial charge in [0.1, 0.15) is 5.82 Å². The van der Waals surface area contributed by atoms with Crippen LogP contribution >= 0.6 is 0 Å². The van der Waals surface area contributed by atoms with Crippen molar-refractivity contribution < 1.29 is 4.39 Å². The molecular weight excluding hydrogens is 239 g/mol. The van der Waals surface area contributed by atoms with Crippen LogP contribution in [0.3, 0.4) is 0 Å². The van der Waals surface area contributed by atoms with Crippen LogP contribution < -0.4 is 5.32 Å². The molecule has 0 saturated heterocycles. The minimum Gasteiger partial charge on any atom is -0.310 e. The van der Waals surface area contributed by atoms with Gasteiger partial charge in [-0.15, -0.1) is 0 Å². The van der Waals surface area contributed by atoms with E-state index < -0.39 is 0 Å². The summed E-state index contributed by atoms with van der Waals surface area (Å²) >= 11 is 0. The highest BCUT2D eigenvalue weighted by Gasteiger charge is 2.19. The van der Waals surface area contributed by atoms with E-state index in [0.717, 1.165) is 0 Å². The van der Waals surface area contributed by atoms with E-state index in [4.69, 9.17) is 5.26 Å². The quantitative estimate of drug-likeness (QED) is 0.840. The third-order valence-corrected chi connectivity index (χ3v) is 4.10. The van der Waals surface area contributed by atoms with Crippen LogP contribution in [0.2, 0.25) is 0 Å². The Labute approximate surface area is 114 Å². The zero-order valence-electron chi connectivity index (χ0n) is 11.5. The van der Waals surface area contributed by atoms with Gasteiger partial charge in [0.15, 0.2) is 0 Å². The van der Waals surface area contributed by atoms with Gasteiger partial charge in [-0.05, 0) is 30.9 Å². The van der Waals surface area contributed by atoms with Gasteiger partial charge in [0, 0.05) is 18.2 Å². The van der Waals surface area contributed by atoms with Crippen LogP contribution in [0.5, 0.6) is 0 Å². The Balaban J connectivity index is 1.96. The number of halogens is 1. The van der Waals surface area contributed by atoms with Crippen molar-refractivity contribution in [3.8, 4) is 6.07 Å². The van der Waals surface area contributed by atoms with Crippen LogP contribution in [-0.2, 0) is 6.54 Å². The zero-order chi connectivity index (χ0) is 13.7. The molecular formula is C16H21FN2. The van der Waals surface area contributed by atoms with E-state index in [1.165, 1.54) is 38.2 Å². The molecule has 19 heavy (non-hydrogen) atoms. The number of hydrogen-bond acceptors (Lipinski definition) is 2. The Morgan fingerprint density at radius 2 is 2.11 bits per heavy atom. The predicted octanol–water partition coefficient (Wildman–Crippen LogP) is 3.76. The number of benzene rings is 1. The van der Waals surface area contributed by atoms with Crippen molar-refractivity contribution in [2.24, 2.45) is 5.92 Å². The van der Waals surface area contributed by atoms with E-state index in [1.54, 1.807) is 12.1 Å². The molecule has 0 spiro atoms. The number of rotatable bonds is 3. The Morgan fingerprint density at radius 1 is 1.32 bits per heavy atom. The Kier molecular flexibility index (Phi) is 4.93. The fourth-order valence-corrected chi connectivity index (χ4v) is 2.80. The van der Waals surface area contributed by atoms with Crippen molar-refractivity contribution in [1.82, 2.24) is 5.32 Å². The van der Waals surface area contributed by atoms with E-state index in [2.05, 4.69) is 12.2 Å². The topological polar surface area (TPSA) is 35.8 Å². The van der Waals surface area contributed by atoms with Crippen LogP contribution in [0.4, 0.5) is 4.39 Å². The van der Waals surface area contributed by atoms with Crippen molar-refractivity contribution in [2.45, 2.75) is 51.6 Å². The van der Waals surface area contributed by atoms with E-state index in [9.17, 15) is 4.39 Å². The lowest BCUT2D eigenvalue weighted by Crippen LogP contribution is -2.34. The molecule has 1 saturated carbocycles. The average Bonchev–Trinajstić information content (AvgIpc) is 2.62. The summed E-state index contributed by atoms with van der Waals surface area (Å²) in [4.78, 5) is 0. The molecule has 102 valence electrons. The fraction of sp³-hybridized carbons (Fsp3) is 0.562. The molecule has 0 aromatic heterocycles. The highest BCUT2D eigenvalue weighted by atomic mass is 19.1. The standard InChI is InChI=1S/C16H21FN2/c1-12-5-3-2-4-6-16(12)19-11-14-8-7-13(10-18)9-15(14)17/h7-9,12,16,19H,2-6,11H2,1H3. The minimum absolute atomic E-state index is 0.284. The molecule has 2 atom stereocenters. The lowest BCUT2D eigenvalue weighted by molar-refractivity contribution is 0.354. The molecule has 2 unspecified atom stereocenters. The van der Waals surface area contributed by atoms with E-state index in [-0.39, 0.29) is 5.82 Å². The molecule has 3 heteroatoms. The lowest BCUT2D eigenvalue weighted by Gasteiger charge is -2.23. The van der Waals surface area contributed by atoms with Gasteiger partial charge in [0.05, 0.1) is 11.6 Å². The van der Waals surface area contributed by atoms with Gasteiger partial charge in [0.2, 0.25) is 0 Å². The highest BCUT2D eigenvalue weighted by molar-refractivity contribution is 5.32. The molecule has 1 aromatic rings. The summed E-state index contributed by atoms with van der Waals surface area (Å²) in [7, 11) is 0. The first-order chi connectivity index (χ1) is 9.20. The molecule has 1 aliphatic carbocycles. The first-order valence-electron chi connectivity index (χ1n) is 7.12. The molecule has 0 heterocycles. The second-order valence-electron chi connectivity index (χ2n) is 5.52. The summed E-state index contributed by atoms with van der Waals surface area (Å²) in [6.45, 7) is 2.82. The summed E-state index contributed by atoms with van der Waals surface area (Å²) in [6, 6.07) is 7.14. The van der Waals surface area contributed by atoms with E-state index in [1.807, 2.05) is 6.07 Å². The third kappa shape index (κ3) is 3.78. The number of nitrogens with zero attached hydrogens (tertiary/aromatic N) is 1. The van der Waals surface area contributed by atoms with Crippen molar-refractivity contribution in [3.63, 3.8) is 0 Å². The van der Waals surface area contributed by atoms with Gasteiger partial charge >= 0.3 is 0 Å². The van der Waals surface area contributed by atoms with Crippen LogP contribution in [0.15, 0.2) is 18.2 Å². The van der Waals surface area contributed by atoms with Crippen LogP contribution in [0, 0.1) is 23.1 Å². The average molecular weight is 260 g/mol. The molecule has 1 aliphatic rings. The largest absolute Gasteiger partial charge is 0.310 e. The maximum Gasteiger partial charge on any atom is 0.129 e. The first kappa shape index (κ1) is 14.0. The van der Waals surface area contributed by atoms with Gasteiger partial charge in [-0.2, -0.15) is 5.26 Å². The van der Waals surface area contributed by atoms with Crippen LogP contribution in [0.1, 0.15) is 50.2 Å². The monoisotopic (exact) mass is 260 g/mol. The van der Waals surface area contributed by atoms with Gasteiger partial charge in [-0.3, -0.25) is 0 Å². The summed E-state index contributed by atoms with van der Waals surface area (Å²) in [5, 5.41) is 12.2. The molecule has 2 nitrogen and oxygen atoms in total. The molecule has 1 fully saturated rings. The number of nitriles is 1. The molecule has 1 aromatic carbocycles. The zero-order valence-corrected chi connectivity index (χ0v) is 11.5. The SMILES string of the molecule is CC1CCCCCC1NCc1ccc(C#N)cc1F. The third-order valence-electron chi connectivity index (χ3n) is 4.10. The summed E-state index contributed by atoms with van der Waals surface area (Å²) in [5.41, 5.74) is 1.03. The first-order valence-corrected chi connectivity index (χ1v) is 7.12. The highest BCUT2D eigenvalue weighted by Crippen LogP contribution is 2.23. The van der Waals surface area contributed by atoms with Crippen molar-refractivity contribution in [3.05, 3.63) is 35.1 Å². The Morgan fingerprint density at radius 3 is 2.84 bits per heavy atom. The maximum absolute atomic E-state index is 13.8. The second kappa shape index (κ2) is 6.68. The molecule has 1 N–H and O–H groups in total. The number of nitrogens with one attached hydrogen (secondary N) is 1. The lowest BCUT2D eigenvalue weighted by atomic mass is 9.96. The molecule has 0 amide bonds. The summed E-state index contributed by atoms with van der Waals surface area (Å²) < 4.78 is 13.8. The van der Waals surface area contributed by atoms with E-state index in [0.29, 0.717) is 29.6 Å². The van der Waals surface area contributed by atoms with Crippen LogP contribution in [-0.4, -0.2) is 6.04 Å². The maximum atomic E-state index is 13.8. The second-order valence-corrected chi connectivity index (χ2v) is 5.52. The number of hydrogen-bond donors (Lipinski definition) is 1. The minimum atomic E-state index is -0.284. The molecule has 2 rings (SSSR count). The smallest absolute Gasteiger partial charge is 0.129 e. The summed E-state index contributed by atoms with van der Waals surface area (Å²) in [5.74, 6) is 0.372. The van der Waals surface area contributed by atoms with Gasteiger partial charge in [-0.1, -0.05) is 32.3 Å². The molecule has 0 aliphatic heterocycles. The van der Waals surface area contributed by atoms with Crippen LogP contribution in [0.25, 0.3) is 0 Å². The Hall–Kier alpha value is -1.40. The predicted molar refractivity (Wildman–Crippen MR) is 74.0 cm³/mol. The molecule has 0 radical (unpaired) electrons. The van der Waals surface area contributed by atoms with Gasteiger partial charge < -0.3 is 5.32 Å². The van der Waals surface area contributed by atoms with Gasteiger partial charge in [0.25, 0.3) is 0 Å². The van der Waals surface area contributed by atoms with Crippen molar-refractivity contribution in [1.29, 1.82) is 5.26 Å².